The van der Waals surface area contributed by atoms with Gasteiger partial charge >= 0.3 is 0 Å². The van der Waals surface area contributed by atoms with E-state index in [9.17, 15) is 13.2 Å². The number of fused-ring (bicyclic) bond motifs is 1. The van der Waals surface area contributed by atoms with Gasteiger partial charge in [0.15, 0.2) is 0 Å². The fourth-order valence-corrected chi connectivity index (χ4v) is 5.12. The maximum absolute atomic E-state index is 13.1. The average molecular weight is 493 g/mol. The zero-order valence-corrected chi connectivity index (χ0v) is 18.8. The van der Waals surface area contributed by atoms with E-state index >= 15 is 0 Å². The summed E-state index contributed by atoms with van der Waals surface area (Å²) in [4.78, 5) is 12.8. The molecule has 0 aliphatic heterocycles. The largest absolute Gasteiger partial charge is 0.348 e. The quantitative estimate of drug-likeness (QED) is 0.405. The Bertz CT molecular complexity index is 1390. The van der Waals surface area contributed by atoms with Gasteiger partial charge in [0.05, 0.1) is 23.0 Å². The Balaban J connectivity index is 1.63. The molecule has 0 saturated carbocycles. The Morgan fingerprint density at radius 1 is 1.00 bits per heavy atom. The van der Waals surface area contributed by atoms with Gasteiger partial charge in [-0.25, -0.2) is 8.42 Å². The minimum atomic E-state index is -4.06. The third kappa shape index (κ3) is 4.64. The van der Waals surface area contributed by atoms with Crippen LogP contribution in [-0.4, -0.2) is 23.1 Å². The van der Waals surface area contributed by atoms with E-state index in [1.54, 1.807) is 30.3 Å². The van der Waals surface area contributed by atoms with Crippen LogP contribution in [0.15, 0.2) is 65.6 Å². The van der Waals surface area contributed by atoms with Crippen molar-refractivity contribution >= 4 is 67.6 Å². The van der Waals surface area contributed by atoms with Crippen molar-refractivity contribution < 1.29 is 13.2 Å². The molecule has 31 heavy (non-hydrogen) atoms. The van der Waals surface area contributed by atoms with Gasteiger partial charge in [0.2, 0.25) is 0 Å². The molecular weight excluding hydrogens is 479 g/mol. The van der Waals surface area contributed by atoms with Crippen LogP contribution in [0.1, 0.15) is 15.9 Å². The summed E-state index contributed by atoms with van der Waals surface area (Å²) in [7, 11) is -4.06. The second kappa shape index (κ2) is 8.80. The molecule has 158 valence electrons. The highest BCUT2D eigenvalue weighted by Crippen LogP contribution is 2.27. The SMILES string of the molecule is O=C(NCc1ccccc1Cl)c1ccc(Cl)cc1NS(=O)(=O)c1cccc2nsnc12. The number of anilines is 1. The summed E-state index contributed by atoms with van der Waals surface area (Å²) in [6.45, 7) is 0.178. The van der Waals surface area contributed by atoms with E-state index in [1.807, 2.05) is 6.07 Å². The number of hydrogen-bond donors (Lipinski definition) is 2. The molecule has 0 unspecified atom stereocenters. The fourth-order valence-electron chi connectivity index (χ4n) is 2.91. The van der Waals surface area contributed by atoms with Gasteiger partial charge in [-0.3, -0.25) is 9.52 Å². The number of hydrogen-bond acceptors (Lipinski definition) is 6. The van der Waals surface area contributed by atoms with Crippen molar-refractivity contribution in [3.63, 3.8) is 0 Å². The molecule has 0 spiro atoms. The molecule has 1 aromatic heterocycles. The lowest BCUT2D eigenvalue weighted by molar-refractivity contribution is 0.0952. The smallest absolute Gasteiger partial charge is 0.264 e. The van der Waals surface area contributed by atoms with Crippen LogP contribution in [-0.2, 0) is 16.6 Å². The Morgan fingerprint density at radius 3 is 2.61 bits per heavy atom. The Labute approximate surface area is 192 Å². The van der Waals surface area contributed by atoms with Gasteiger partial charge in [0, 0.05) is 16.6 Å². The van der Waals surface area contributed by atoms with Gasteiger partial charge < -0.3 is 5.32 Å². The first-order chi connectivity index (χ1) is 14.8. The highest BCUT2D eigenvalue weighted by atomic mass is 35.5. The van der Waals surface area contributed by atoms with Crippen molar-refractivity contribution in [3.05, 3.63) is 81.8 Å². The Morgan fingerprint density at radius 2 is 1.81 bits per heavy atom. The van der Waals surface area contributed by atoms with Gasteiger partial charge in [-0.05, 0) is 42.0 Å². The lowest BCUT2D eigenvalue weighted by atomic mass is 10.1. The number of halogens is 2. The highest BCUT2D eigenvalue weighted by molar-refractivity contribution is 7.93. The third-order valence-corrected chi connectivity index (χ3v) is 6.95. The molecule has 0 aliphatic carbocycles. The first-order valence-electron chi connectivity index (χ1n) is 8.90. The Hall–Kier alpha value is -2.72. The van der Waals surface area contributed by atoms with Gasteiger partial charge in [0.1, 0.15) is 15.9 Å². The Kier molecular flexibility index (Phi) is 6.10. The second-order valence-electron chi connectivity index (χ2n) is 6.46. The predicted octanol–water partition coefficient (Wildman–Crippen LogP) is 4.73. The van der Waals surface area contributed by atoms with Crippen LogP contribution in [0, 0.1) is 0 Å². The number of amides is 1. The standard InChI is InChI=1S/C20H14Cl2N4O3S2/c21-13-8-9-14(20(27)23-11-12-4-1-2-5-15(12)22)17(10-13)26-31(28,29)18-7-3-6-16-19(18)25-30-24-16/h1-10,26H,11H2,(H,23,27). The van der Waals surface area contributed by atoms with Crippen molar-refractivity contribution in [3.8, 4) is 0 Å². The first kappa shape index (κ1) is 21.5. The maximum Gasteiger partial charge on any atom is 0.264 e. The minimum Gasteiger partial charge on any atom is -0.348 e. The number of carbonyl (C=O) groups is 1. The number of rotatable bonds is 6. The van der Waals surface area contributed by atoms with Crippen LogP contribution in [0.4, 0.5) is 5.69 Å². The summed E-state index contributed by atoms with van der Waals surface area (Å²) in [6, 6.07) is 16.1. The molecular formula is C20H14Cl2N4O3S2. The molecule has 1 heterocycles. The van der Waals surface area contributed by atoms with E-state index in [4.69, 9.17) is 23.2 Å². The number of carbonyl (C=O) groups excluding carboxylic acids is 1. The van der Waals surface area contributed by atoms with Crippen LogP contribution >= 0.6 is 34.9 Å². The molecule has 0 atom stereocenters. The molecule has 2 N–H and O–H groups in total. The van der Waals surface area contributed by atoms with Crippen molar-refractivity contribution in [1.82, 2.24) is 14.1 Å². The van der Waals surface area contributed by atoms with E-state index in [-0.39, 0.29) is 33.2 Å². The van der Waals surface area contributed by atoms with E-state index in [1.165, 1.54) is 24.3 Å². The molecule has 0 saturated heterocycles. The molecule has 1 amide bonds. The summed E-state index contributed by atoms with van der Waals surface area (Å²) >= 11 is 13.1. The van der Waals surface area contributed by atoms with E-state index in [2.05, 4.69) is 18.8 Å². The molecule has 4 rings (SSSR count). The molecule has 3 aromatic carbocycles. The number of nitrogens with zero attached hydrogens (tertiary/aromatic N) is 2. The zero-order valence-electron chi connectivity index (χ0n) is 15.7. The average Bonchev–Trinajstić information content (AvgIpc) is 3.21. The molecule has 0 radical (unpaired) electrons. The summed E-state index contributed by atoms with van der Waals surface area (Å²) < 4.78 is 36.7. The molecule has 7 nitrogen and oxygen atoms in total. The summed E-state index contributed by atoms with van der Waals surface area (Å²) in [5, 5.41) is 3.54. The van der Waals surface area contributed by atoms with E-state index in [0.29, 0.717) is 10.5 Å². The van der Waals surface area contributed by atoms with Gasteiger partial charge in [-0.15, -0.1) is 0 Å². The number of sulfonamides is 1. The predicted molar refractivity (Wildman–Crippen MR) is 122 cm³/mol. The summed E-state index contributed by atoms with van der Waals surface area (Å²) in [6.07, 6.45) is 0. The van der Waals surface area contributed by atoms with Crippen LogP contribution in [0.2, 0.25) is 10.0 Å². The lowest BCUT2D eigenvalue weighted by Crippen LogP contribution is -2.25. The zero-order chi connectivity index (χ0) is 22.0. The molecule has 0 aliphatic rings. The van der Waals surface area contributed by atoms with Crippen LogP contribution in [0.5, 0.6) is 0 Å². The maximum atomic E-state index is 13.1. The third-order valence-electron chi connectivity index (χ3n) is 4.41. The minimum absolute atomic E-state index is 0.0406. The molecule has 11 heteroatoms. The van der Waals surface area contributed by atoms with E-state index in [0.717, 1.165) is 17.3 Å². The highest BCUT2D eigenvalue weighted by Gasteiger charge is 2.22. The van der Waals surface area contributed by atoms with Gasteiger partial charge in [-0.1, -0.05) is 47.5 Å². The fraction of sp³-hybridized carbons (Fsp3) is 0.0500. The molecule has 0 bridgehead atoms. The molecule has 0 fully saturated rings. The van der Waals surface area contributed by atoms with Crippen molar-refractivity contribution in [2.45, 2.75) is 11.4 Å². The van der Waals surface area contributed by atoms with E-state index < -0.39 is 15.9 Å². The summed E-state index contributed by atoms with van der Waals surface area (Å²) in [5.74, 6) is -0.483. The number of nitrogens with one attached hydrogen (secondary N) is 2. The number of aromatic nitrogens is 2. The molecule has 4 aromatic rings. The topological polar surface area (TPSA) is 101 Å². The normalized spacial score (nSPS) is 11.4. The second-order valence-corrected chi connectivity index (χ2v) is 9.48. The number of benzene rings is 3. The van der Waals surface area contributed by atoms with Crippen molar-refractivity contribution in [1.29, 1.82) is 0 Å². The van der Waals surface area contributed by atoms with Crippen LogP contribution in [0.3, 0.4) is 0 Å². The van der Waals surface area contributed by atoms with Gasteiger partial charge in [-0.2, -0.15) is 8.75 Å². The van der Waals surface area contributed by atoms with Crippen LogP contribution < -0.4 is 10.0 Å². The lowest BCUT2D eigenvalue weighted by Gasteiger charge is -2.14. The van der Waals surface area contributed by atoms with Crippen molar-refractivity contribution in [2.24, 2.45) is 0 Å². The summed E-state index contributed by atoms with van der Waals surface area (Å²) in [5.41, 5.74) is 1.62. The van der Waals surface area contributed by atoms with Crippen molar-refractivity contribution in [2.75, 3.05) is 4.72 Å². The monoisotopic (exact) mass is 492 g/mol. The first-order valence-corrected chi connectivity index (χ1v) is 11.9. The van der Waals surface area contributed by atoms with Crippen LogP contribution in [0.25, 0.3) is 11.0 Å². The van der Waals surface area contributed by atoms with Gasteiger partial charge in [0.25, 0.3) is 15.9 Å².